The lowest BCUT2D eigenvalue weighted by Crippen LogP contribution is -2.45. The van der Waals surface area contributed by atoms with Crippen LogP contribution in [0.1, 0.15) is 42.5 Å². The molecule has 0 spiro atoms. The molecule has 120 valence electrons. The lowest BCUT2D eigenvalue weighted by atomic mass is 9.99. The van der Waals surface area contributed by atoms with Gasteiger partial charge in [-0.1, -0.05) is 0 Å². The normalized spacial score (nSPS) is 31.3. The molecule has 22 heavy (non-hydrogen) atoms. The van der Waals surface area contributed by atoms with E-state index in [1.54, 1.807) is 12.4 Å². The van der Waals surface area contributed by atoms with Crippen molar-refractivity contribution in [1.29, 1.82) is 0 Å². The molecule has 3 atom stereocenters. The molecule has 3 aliphatic rings. The fourth-order valence-electron chi connectivity index (χ4n) is 3.65. The number of likely N-dealkylation sites (tertiary alicyclic amines) is 1. The number of ether oxygens (including phenoxy) is 2. The van der Waals surface area contributed by atoms with Crippen molar-refractivity contribution in [3.05, 3.63) is 24.0 Å². The molecule has 0 aromatic carbocycles. The molecule has 0 radical (unpaired) electrons. The highest BCUT2D eigenvalue weighted by Gasteiger charge is 2.42. The fraction of sp³-hybridized carbons (Fsp3) is 0.706. The van der Waals surface area contributed by atoms with E-state index in [-0.39, 0.29) is 24.2 Å². The molecule has 0 unspecified atom stereocenters. The van der Waals surface area contributed by atoms with Crippen molar-refractivity contribution < 1.29 is 14.3 Å². The van der Waals surface area contributed by atoms with Gasteiger partial charge in [0.1, 0.15) is 0 Å². The van der Waals surface area contributed by atoms with Gasteiger partial charge in [-0.2, -0.15) is 0 Å². The lowest BCUT2D eigenvalue weighted by Gasteiger charge is -2.35. The second-order valence-electron chi connectivity index (χ2n) is 6.81. The van der Waals surface area contributed by atoms with Crippen molar-refractivity contribution >= 4 is 5.91 Å². The molecule has 3 fully saturated rings. The summed E-state index contributed by atoms with van der Waals surface area (Å²) in [6, 6.07) is 2.08. The third-order valence-electron chi connectivity index (χ3n) is 5.10. The number of aromatic nitrogens is 1. The Morgan fingerprint density at radius 1 is 1.27 bits per heavy atom. The molecule has 0 bridgehead atoms. The molecule has 1 N–H and O–H groups in total. The number of nitrogens with one attached hydrogen (secondary N) is 1. The lowest BCUT2D eigenvalue weighted by molar-refractivity contribution is -0.0973. The zero-order valence-electron chi connectivity index (χ0n) is 12.9. The second kappa shape index (κ2) is 6.05. The number of aromatic amines is 1. The van der Waals surface area contributed by atoms with E-state index in [0.717, 1.165) is 43.9 Å². The van der Waals surface area contributed by atoms with Crippen molar-refractivity contribution in [2.75, 3.05) is 19.8 Å². The van der Waals surface area contributed by atoms with Gasteiger partial charge in [0, 0.05) is 25.5 Å². The molecular formula is C17H24N2O3. The van der Waals surface area contributed by atoms with Gasteiger partial charge in [-0.15, -0.1) is 0 Å². The second-order valence-corrected chi connectivity index (χ2v) is 6.81. The highest BCUT2D eigenvalue weighted by Crippen LogP contribution is 2.33. The molecule has 1 aliphatic carbocycles. The molecular weight excluding hydrogens is 280 g/mol. The summed E-state index contributed by atoms with van der Waals surface area (Å²) in [5, 5.41) is 0. The molecule has 1 saturated carbocycles. The van der Waals surface area contributed by atoms with Crippen LogP contribution in [0, 0.1) is 5.92 Å². The predicted molar refractivity (Wildman–Crippen MR) is 81.7 cm³/mol. The van der Waals surface area contributed by atoms with E-state index in [4.69, 9.17) is 9.47 Å². The largest absolute Gasteiger partial charge is 0.378 e. The van der Waals surface area contributed by atoms with Gasteiger partial charge >= 0.3 is 0 Å². The third kappa shape index (κ3) is 2.92. The topological polar surface area (TPSA) is 54.6 Å². The first-order valence-electron chi connectivity index (χ1n) is 8.48. The van der Waals surface area contributed by atoms with E-state index in [2.05, 4.69) is 4.98 Å². The number of hydrogen-bond acceptors (Lipinski definition) is 3. The smallest absolute Gasteiger partial charge is 0.255 e. The molecule has 5 heteroatoms. The molecule has 1 aromatic heterocycles. The zero-order chi connectivity index (χ0) is 14.9. The van der Waals surface area contributed by atoms with Gasteiger partial charge in [-0.25, -0.2) is 0 Å². The van der Waals surface area contributed by atoms with Crippen molar-refractivity contribution in [2.45, 2.75) is 50.4 Å². The summed E-state index contributed by atoms with van der Waals surface area (Å²) in [5.41, 5.74) is 0.746. The van der Waals surface area contributed by atoms with E-state index >= 15 is 0 Å². The van der Waals surface area contributed by atoms with E-state index < -0.39 is 0 Å². The maximum Gasteiger partial charge on any atom is 0.255 e. The summed E-state index contributed by atoms with van der Waals surface area (Å²) in [5.74, 6) is 0.929. The van der Waals surface area contributed by atoms with Crippen LogP contribution >= 0.6 is 0 Å². The van der Waals surface area contributed by atoms with Crippen molar-refractivity contribution in [3.63, 3.8) is 0 Å². The minimum atomic E-state index is 0.126. The molecule has 2 aliphatic heterocycles. The monoisotopic (exact) mass is 304 g/mol. The predicted octanol–water partition coefficient (Wildman–Crippen LogP) is 2.20. The summed E-state index contributed by atoms with van der Waals surface area (Å²) in [6.45, 7) is 2.41. The number of hydrogen-bond donors (Lipinski definition) is 1. The molecule has 5 nitrogen and oxygen atoms in total. The minimum Gasteiger partial charge on any atom is -0.378 e. The molecule has 2 saturated heterocycles. The Balaban J connectivity index is 1.30. The maximum absolute atomic E-state index is 12.5. The van der Waals surface area contributed by atoms with Crippen LogP contribution in [0.5, 0.6) is 0 Å². The average Bonchev–Trinajstić information content (AvgIpc) is 3.04. The first kappa shape index (κ1) is 14.3. The Morgan fingerprint density at radius 3 is 2.95 bits per heavy atom. The number of nitrogens with zero attached hydrogens (tertiary/aromatic N) is 1. The van der Waals surface area contributed by atoms with E-state index in [1.165, 1.54) is 12.8 Å². The van der Waals surface area contributed by atoms with Gasteiger partial charge < -0.3 is 19.4 Å². The molecule has 1 amide bonds. The van der Waals surface area contributed by atoms with Crippen LogP contribution in [0.25, 0.3) is 0 Å². The van der Waals surface area contributed by atoms with Gasteiger partial charge in [0.2, 0.25) is 0 Å². The Hall–Kier alpha value is -1.33. The SMILES string of the molecule is O=C(c1cc[nH]c1)N1CC[C@H]2O[C@H](COCC3CC3)CC[C@H]21. The van der Waals surface area contributed by atoms with Gasteiger partial charge in [0.05, 0.1) is 30.4 Å². The van der Waals surface area contributed by atoms with Crippen LogP contribution in [-0.4, -0.2) is 53.8 Å². The van der Waals surface area contributed by atoms with Crippen LogP contribution < -0.4 is 0 Å². The van der Waals surface area contributed by atoms with Crippen LogP contribution in [-0.2, 0) is 9.47 Å². The summed E-state index contributed by atoms with van der Waals surface area (Å²) in [7, 11) is 0. The van der Waals surface area contributed by atoms with Crippen LogP contribution in [0.2, 0.25) is 0 Å². The Bertz CT molecular complexity index is 512. The van der Waals surface area contributed by atoms with Crippen molar-refractivity contribution in [2.24, 2.45) is 5.92 Å². The number of amides is 1. The number of rotatable bonds is 5. The molecule has 3 heterocycles. The van der Waals surface area contributed by atoms with E-state index in [1.807, 2.05) is 11.0 Å². The zero-order valence-corrected chi connectivity index (χ0v) is 12.9. The molecule has 1 aromatic rings. The first-order valence-corrected chi connectivity index (χ1v) is 8.48. The standard InChI is InChI=1S/C17H24N2O3/c20-17(13-5-7-18-9-13)19-8-6-16-15(19)4-3-14(22-16)11-21-10-12-1-2-12/h5,7,9,12,14-16,18H,1-4,6,8,10-11H2/t14-,15+,16+/m0/s1. The first-order chi connectivity index (χ1) is 10.8. The van der Waals surface area contributed by atoms with E-state index in [0.29, 0.717) is 6.61 Å². The minimum absolute atomic E-state index is 0.126. The summed E-state index contributed by atoms with van der Waals surface area (Å²) in [4.78, 5) is 17.5. The van der Waals surface area contributed by atoms with Crippen LogP contribution in [0.15, 0.2) is 18.5 Å². The number of carbonyl (C=O) groups is 1. The number of H-pyrrole nitrogens is 1. The summed E-state index contributed by atoms with van der Waals surface area (Å²) >= 11 is 0. The average molecular weight is 304 g/mol. The quantitative estimate of drug-likeness (QED) is 0.907. The fourth-order valence-corrected chi connectivity index (χ4v) is 3.65. The van der Waals surface area contributed by atoms with Crippen LogP contribution in [0.4, 0.5) is 0 Å². The number of fused-ring (bicyclic) bond motifs is 1. The van der Waals surface area contributed by atoms with Gasteiger partial charge in [0.25, 0.3) is 5.91 Å². The summed E-state index contributed by atoms with van der Waals surface area (Å²) < 4.78 is 12.0. The van der Waals surface area contributed by atoms with Gasteiger partial charge in [0.15, 0.2) is 0 Å². The Morgan fingerprint density at radius 2 is 2.18 bits per heavy atom. The highest BCUT2D eigenvalue weighted by molar-refractivity contribution is 5.94. The van der Waals surface area contributed by atoms with Crippen LogP contribution in [0.3, 0.4) is 0 Å². The van der Waals surface area contributed by atoms with Gasteiger partial charge in [-0.05, 0) is 44.1 Å². The third-order valence-corrected chi connectivity index (χ3v) is 5.10. The maximum atomic E-state index is 12.5. The number of carbonyl (C=O) groups excluding carboxylic acids is 1. The Kier molecular flexibility index (Phi) is 3.92. The van der Waals surface area contributed by atoms with E-state index in [9.17, 15) is 4.79 Å². The van der Waals surface area contributed by atoms with Crippen molar-refractivity contribution in [3.8, 4) is 0 Å². The highest BCUT2D eigenvalue weighted by atomic mass is 16.5. The van der Waals surface area contributed by atoms with Crippen molar-refractivity contribution in [1.82, 2.24) is 9.88 Å². The molecule has 4 rings (SSSR count). The van der Waals surface area contributed by atoms with Gasteiger partial charge in [-0.3, -0.25) is 4.79 Å². The summed E-state index contributed by atoms with van der Waals surface area (Å²) in [6.07, 6.45) is 9.58. The Labute approximate surface area is 131 Å².